The van der Waals surface area contributed by atoms with Gasteiger partial charge in [0.1, 0.15) is 12.0 Å². The Kier molecular flexibility index (Phi) is 13.1. The van der Waals surface area contributed by atoms with E-state index in [4.69, 9.17) is 4.74 Å². The maximum Gasteiger partial charge on any atom is 0.316 e. The van der Waals surface area contributed by atoms with Gasteiger partial charge >= 0.3 is 5.97 Å². The topological polar surface area (TPSA) is 46.5 Å². The first kappa shape index (κ1) is 26.6. The Morgan fingerprint density at radius 1 is 0.964 bits per heavy atom. The number of ether oxygens (including phenoxy) is 1. The van der Waals surface area contributed by atoms with E-state index < -0.39 is 5.92 Å². The monoisotopic (exact) mass is 392 g/mol. The minimum absolute atomic E-state index is 0.0772. The summed E-state index contributed by atoms with van der Waals surface area (Å²) in [6, 6.07) is 9.42. The molecule has 0 aliphatic heterocycles. The Balaban J connectivity index is 0.000000818. The molecule has 0 aromatic heterocycles. The van der Waals surface area contributed by atoms with Crippen molar-refractivity contribution in [2.45, 2.75) is 93.1 Å². The molecule has 0 radical (unpaired) electrons. The maximum atomic E-state index is 12.3. The average Bonchev–Trinajstić information content (AvgIpc) is 3.67. The lowest BCUT2D eigenvalue weighted by atomic mass is 9.96. The average molecular weight is 393 g/mol. The van der Waals surface area contributed by atoms with Gasteiger partial charge in [0, 0.05) is 0 Å². The number of aliphatic hydroxyl groups is 1. The lowest BCUT2D eigenvalue weighted by Crippen LogP contribution is -2.27. The number of carbonyl (C=O) groups is 1. The molecular weight excluding hydrogens is 348 g/mol. The fourth-order valence-corrected chi connectivity index (χ4v) is 4.26. The molecule has 3 atom stereocenters. The van der Waals surface area contributed by atoms with Gasteiger partial charge in [-0.15, -0.1) is 0 Å². The molecule has 1 spiro atoms. The minimum atomic E-state index is -0.540. The molecule has 3 fully saturated rings. The van der Waals surface area contributed by atoms with E-state index in [0.717, 1.165) is 30.2 Å². The largest absolute Gasteiger partial charge is 0.462 e. The van der Waals surface area contributed by atoms with Crippen LogP contribution in [0.3, 0.4) is 0 Å². The number of hydrogen-bond acceptors (Lipinski definition) is 3. The SMILES string of the molecule is CC.CC.CC.CC.O=C(OC1CC2CC23CC3C1)C(CO)c1ccccc1. The van der Waals surface area contributed by atoms with Crippen molar-refractivity contribution in [3.8, 4) is 0 Å². The molecule has 3 heteroatoms. The first-order valence-corrected chi connectivity index (χ1v) is 11.6. The summed E-state index contributed by atoms with van der Waals surface area (Å²) < 4.78 is 5.69. The summed E-state index contributed by atoms with van der Waals surface area (Å²) in [5.41, 5.74) is 1.53. The van der Waals surface area contributed by atoms with Crippen LogP contribution in [0.1, 0.15) is 92.6 Å². The lowest BCUT2D eigenvalue weighted by Gasteiger charge is -2.23. The van der Waals surface area contributed by atoms with Crippen molar-refractivity contribution in [1.29, 1.82) is 0 Å². The molecule has 0 saturated heterocycles. The predicted molar refractivity (Wildman–Crippen MR) is 119 cm³/mol. The smallest absolute Gasteiger partial charge is 0.316 e. The lowest BCUT2D eigenvalue weighted by molar-refractivity contribution is -0.153. The van der Waals surface area contributed by atoms with Crippen LogP contribution < -0.4 is 0 Å². The van der Waals surface area contributed by atoms with Crippen LogP contribution in [0.25, 0.3) is 0 Å². The van der Waals surface area contributed by atoms with Gasteiger partial charge in [0.2, 0.25) is 0 Å². The molecule has 3 unspecified atom stereocenters. The molecule has 0 heterocycles. The van der Waals surface area contributed by atoms with Gasteiger partial charge in [-0.05, 0) is 48.5 Å². The summed E-state index contributed by atoms with van der Waals surface area (Å²) in [6.07, 6.45) is 4.86. The van der Waals surface area contributed by atoms with E-state index in [1.807, 2.05) is 85.7 Å². The van der Waals surface area contributed by atoms with Crippen molar-refractivity contribution in [1.82, 2.24) is 0 Å². The van der Waals surface area contributed by atoms with E-state index in [-0.39, 0.29) is 18.7 Å². The Hall–Kier alpha value is -1.35. The van der Waals surface area contributed by atoms with Gasteiger partial charge < -0.3 is 9.84 Å². The quantitative estimate of drug-likeness (QED) is 0.587. The first-order valence-electron chi connectivity index (χ1n) is 11.6. The number of rotatable bonds is 4. The van der Waals surface area contributed by atoms with Crippen LogP contribution in [0.15, 0.2) is 30.3 Å². The fraction of sp³-hybridized carbons (Fsp3) is 0.720. The minimum Gasteiger partial charge on any atom is -0.462 e. The van der Waals surface area contributed by atoms with Gasteiger partial charge in [0.25, 0.3) is 0 Å². The molecule has 3 aliphatic rings. The van der Waals surface area contributed by atoms with Gasteiger partial charge in [0.05, 0.1) is 6.61 Å². The number of hydrogen-bond donors (Lipinski definition) is 1. The normalized spacial score (nSPS) is 28.2. The highest BCUT2D eigenvalue weighted by molar-refractivity contribution is 5.78. The van der Waals surface area contributed by atoms with Crippen LogP contribution >= 0.6 is 0 Å². The summed E-state index contributed by atoms with van der Waals surface area (Å²) >= 11 is 0. The molecular formula is C25H44O3. The third kappa shape index (κ3) is 6.34. The van der Waals surface area contributed by atoms with Crippen LogP contribution in [-0.4, -0.2) is 23.8 Å². The van der Waals surface area contributed by atoms with Crippen LogP contribution in [0.4, 0.5) is 0 Å². The molecule has 0 amide bonds. The standard InChI is InChI=1S/C17H20O3.4C2H6/c18-10-15(11-4-2-1-3-5-11)16(19)20-14-6-12-8-17(12)9-13(17)7-14;4*1-2/h1-5,12-15,18H,6-10H2;4*1-2H3. The van der Waals surface area contributed by atoms with E-state index in [0.29, 0.717) is 5.41 Å². The molecule has 0 bridgehead atoms. The number of carbonyl (C=O) groups excluding carboxylic acids is 1. The second-order valence-electron chi connectivity index (χ2n) is 6.71. The molecule has 1 aromatic rings. The highest BCUT2D eigenvalue weighted by atomic mass is 16.5. The zero-order valence-electron chi connectivity index (χ0n) is 19.5. The Bertz CT molecular complexity index is 508. The zero-order chi connectivity index (χ0) is 21.7. The van der Waals surface area contributed by atoms with E-state index in [1.54, 1.807) is 0 Å². The first-order chi connectivity index (χ1) is 13.7. The second-order valence-corrected chi connectivity index (χ2v) is 6.71. The molecule has 1 aromatic carbocycles. The van der Waals surface area contributed by atoms with Crippen molar-refractivity contribution in [3.63, 3.8) is 0 Å². The highest BCUT2D eigenvalue weighted by Gasteiger charge is 2.72. The van der Waals surface area contributed by atoms with Gasteiger partial charge in [-0.25, -0.2) is 0 Å². The highest BCUT2D eigenvalue weighted by Crippen LogP contribution is 2.79. The van der Waals surface area contributed by atoms with Crippen molar-refractivity contribution < 1.29 is 14.6 Å². The summed E-state index contributed by atoms with van der Waals surface area (Å²) in [5, 5.41) is 9.50. The van der Waals surface area contributed by atoms with Crippen molar-refractivity contribution >= 4 is 5.97 Å². The molecule has 1 N–H and O–H groups in total. The number of benzene rings is 1. The van der Waals surface area contributed by atoms with Crippen molar-refractivity contribution in [2.75, 3.05) is 6.61 Å². The van der Waals surface area contributed by atoms with Crippen molar-refractivity contribution in [3.05, 3.63) is 35.9 Å². The van der Waals surface area contributed by atoms with Gasteiger partial charge in [-0.2, -0.15) is 0 Å². The number of aliphatic hydroxyl groups excluding tert-OH is 1. The third-order valence-electron chi connectivity index (χ3n) is 5.61. The zero-order valence-corrected chi connectivity index (χ0v) is 19.5. The van der Waals surface area contributed by atoms with E-state index >= 15 is 0 Å². The fourth-order valence-electron chi connectivity index (χ4n) is 4.26. The molecule has 3 saturated carbocycles. The van der Waals surface area contributed by atoms with E-state index in [2.05, 4.69) is 0 Å². The maximum absolute atomic E-state index is 12.3. The van der Waals surface area contributed by atoms with Crippen LogP contribution in [-0.2, 0) is 9.53 Å². The van der Waals surface area contributed by atoms with Gasteiger partial charge in [-0.3, -0.25) is 4.79 Å². The summed E-state index contributed by atoms with van der Waals surface area (Å²) in [5.74, 6) is 0.811. The van der Waals surface area contributed by atoms with E-state index in [1.165, 1.54) is 12.8 Å². The molecule has 3 nitrogen and oxygen atoms in total. The second kappa shape index (κ2) is 13.8. The predicted octanol–water partition coefficient (Wildman–Crippen LogP) is 6.60. The number of esters is 1. The Morgan fingerprint density at radius 2 is 1.43 bits per heavy atom. The molecule has 28 heavy (non-hydrogen) atoms. The summed E-state index contributed by atoms with van der Waals surface area (Å²) in [7, 11) is 0. The third-order valence-corrected chi connectivity index (χ3v) is 5.61. The molecule has 4 rings (SSSR count). The molecule has 162 valence electrons. The Morgan fingerprint density at radius 3 is 1.86 bits per heavy atom. The van der Waals surface area contributed by atoms with Crippen LogP contribution in [0.2, 0.25) is 0 Å². The van der Waals surface area contributed by atoms with E-state index in [9.17, 15) is 9.90 Å². The Labute approximate surface area is 173 Å². The van der Waals surface area contributed by atoms with Crippen LogP contribution in [0.5, 0.6) is 0 Å². The van der Waals surface area contributed by atoms with Gasteiger partial charge in [0.15, 0.2) is 0 Å². The van der Waals surface area contributed by atoms with Crippen molar-refractivity contribution in [2.24, 2.45) is 17.3 Å². The summed E-state index contributed by atoms with van der Waals surface area (Å²) in [4.78, 5) is 12.3. The summed E-state index contributed by atoms with van der Waals surface area (Å²) in [6.45, 7) is 15.8. The van der Waals surface area contributed by atoms with Crippen LogP contribution in [0, 0.1) is 17.3 Å². The molecule has 3 aliphatic carbocycles. The van der Waals surface area contributed by atoms with Gasteiger partial charge in [-0.1, -0.05) is 85.7 Å².